The van der Waals surface area contributed by atoms with Gasteiger partial charge in [-0.2, -0.15) is 4.98 Å². The van der Waals surface area contributed by atoms with Crippen molar-refractivity contribution in [1.82, 2.24) is 15.5 Å². The smallest absolute Gasteiger partial charge is 0.246 e. The maximum atomic E-state index is 14.2. The third-order valence-corrected chi connectivity index (χ3v) is 5.62. The number of nitrogens with one attached hydrogen (secondary N) is 1. The van der Waals surface area contributed by atoms with Crippen LogP contribution in [0.15, 0.2) is 53.1 Å². The molecule has 31 heavy (non-hydrogen) atoms. The molecule has 2 aromatic carbocycles. The molecule has 0 saturated carbocycles. The zero-order chi connectivity index (χ0) is 22.6. The Morgan fingerprint density at radius 1 is 1.26 bits per heavy atom. The summed E-state index contributed by atoms with van der Waals surface area (Å²) in [6, 6.07) is 11.2. The standard InChI is InChI=1S/C20H21FN4O5S/c1-13(25(31(3,27)28)17-10-5-4-9-16(17)21)20(26)22-12-18-23-19(24-30-18)14-7-6-8-15(11-14)29-2/h4-11,13H,12H2,1-3H3,(H,22,26)/t13-/m1/s1. The summed E-state index contributed by atoms with van der Waals surface area (Å²) in [5, 5.41) is 6.41. The minimum Gasteiger partial charge on any atom is -0.497 e. The molecule has 1 amide bonds. The van der Waals surface area contributed by atoms with Crippen LogP contribution in [-0.2, 0) is 21.4 Å². The van der Waals surface area contributed by atoms with Gasteiger partial charge in [0.05, 0.1) is 25.6 Å². The number of amides is 1. The zero-order valence-electron chi connectivity index (χ0n) is 17.1. The van der Waals surface area contributed by atoms with Crippen LogP contribution in [0.5, 0.6) is 5.75 Å². The van der Waals surface area contributed by atoms with Crippen LogP contribution in [0.2, 0.25) is 0 Å². The van der Waals surface area contributed by atoms with Gasteiger partial charge in [-0.15, -0.1) is 0 Å². The number of methoxy groups -OCH3 is 1. The van der Waals surface area contributed by atoms with E-state index in [-0.39, 0.29) is 18.1 Å². The molecule has 0 unspecified atom stereocenters. The monoisotopic (exact) mass is 448 g/mol. The van der Waals surface area contributed by atoms with Gasteiger partial charge in [-0.05, 0) is 31.2 Å². The number of para-hydroxylation sites is 1. The first-order valence-corrected chi connectivity index (χ1v) is 11.0. The largest absolute Gasteiger partial charge is 0.497 e. The molecule has 1 heterocycles. The maximum absolute atomic E-state index is 14.2. The van der Waals surface area contributed by atoms with E-state index in [0.717, 1.165) is 16.6 Å². The summed E-state index contributed by atoms with van der Waals surface area (Å²) in [5.41, 5.74) is 0.447. The summed E-state index contributed by atoms with van der Waals surface area (Å²) in [6.07, 6.45) is 0.904. The molecular formula is C20H21FN4O5S. The molecule has 0 fully saturated rings. The molecule has 0 radical (unpaired) electrons. The number of ether oxygens (including phenoxy) is 1. The highest BCUT2D eigenvalue weighted by Crippen LogP contribution is 2.24. The molecule has 164 valence electrons. The van der Waals surface area contributed by atoms with Crippen molar-refractivity contribution in [3.8, 4) is 17.1 Å². The molecule has 1 N–H and O–H groups in total. The van der Waals surface area contributed by atoms with E-state index in [1.807, 2.05) is 0 Å². The first-order valence-electron chi connectivity index (χ1n) is 9.19. The molecule has 0 saturated heterocycles. The van der Waals surface area contributed by atoms with Gasteiger partial charge in [0.15, 0.2) is 0 Å². The normalized spacial score (nSPS) is 12.3. The summed E-state index contributed by atoms with van der Waals surface area (Å²) in [6.45, 7) is 1.23. The Hall–Kier alpha value is -3.47. The highest BCUT2D eigenvalue weighted by atomic mass is 32.2. The summed E-state index contributed by atoms with van der Waals surface area (Å²) in [5.74, 6) is -0.363. The number of nitrogens with zero attached hydrogens (tertiary/aromatic N) is 3. The average molecular weight is 448 g/mol. The third kappa shape index (κ3) is 5.18. The Morgan fingerprint density at radius 3 is 2.68 bits per heavy atom. The average Bonchev–Trinajstić information content (AvgIpc) is 3.21. The minimum atomic E-state index is -3.94. The molecule has 0 aliphatic rings. The van der Waals surface area contributed by atoms with E-state index in [9.17, 15) is 17.6 Å². The molecule has 3 rings (SSSR count). The van der Waals surface area contributed by atoms with Gasteiger partial charge in [-0.1, -0.05) is 29.4 Å². The molecule has 1 aromatic heterocycles. The Bertz CT molecular complexity index is 1180. The fourth-order valence-corrected chi connectivity index (χ4v) is 4.10. The molecule has 0 aliphatic heterocycles. The van der Waals surface area contributed by atoms with Gasteiger partial charge >= 0.3 is 0 Å². The molecule has 11 heteroatoms. The Morgan fingerprint density at radius 2 is 2.00 bits per heavy atom. The van der Waals surface area contributed by atoms with E-state index in [0.29, 0.717) is 17.1 Å². The number of rotatable bonds is 8. The molecule has 9 nitrogen and oxygen atoms in total. The fourth-order valence-electron chi connectivity index (χ4n) is 2.93. The quantitative estimate of drug-likeness (QED) is 0.563. The van der Waals surface area contributed by atoms with Gasteiger partial charge in [0.2, 0.25) is 27.6 Å². The number of anilines is 1. The fraction of sp³-hybridized carbons (Fsp3) is 0.250. The predicted molar refractivity (Wildman–Crippen MR) is 111 cm³/mol. The van der Waals surface area contributed by atoms with Crippen molar-refractivity contribution in [1.29, 1.82) is 0 Å². The number of carbonyl (C=O) groups is 1. The molecular weight excluding hydrogens is 427 g/mol. The molecule has 3 aromatic rings. The van der Waals surface area contributed by atoms with E-state index in [1.54, 1.807) is 31.4 Å². The second kappa shape index (κ2) is 9.13. The Kier molecular flexibility index (Phi) is 6.54. The third-order valence-electron chi connectivity index (χ3n) is 4.39. The van der Waals surface area contributed by atoms with Crippen molar-refractivity contribution in [2.45, 2.75) is 19.5 Å². The second-order valence-electron chi connectivity index (χ2n) is 6.65. The number of benzene rings is 2. The van der Waals surface area contributed by atoms with E-state index < -0.39 is 27.8 Å². The zero-order valence-corrected chi connectivity index (χ0v) is 17.9. The van der Waals surface area contributed by atoms with Crippen LogP contribution in [0.4, 0.5) is 10.1 Å². The van der Waals surface area contributed by atoms with E-state index >= 15 is 0 Å². The van der Waals surface area contributed by atoms with Crippen molar-refractivity contribution < 1.29 is 26.9 Å². The summed E-state index contributed by atoms with van der Waals surface area (Å²) >= 11 is 0. The molecule has 1 atom stereocenters. The maximum Gasteiger partial charge on any atom is 0.246 e. The van der Waals surface area contributed by atoms with Gasteiger partial charge in [-0.25, -0.2) is 12.8 Å². The van der Waals surface area contributed by atoms with Crippen molar-refractivity contribution in [3.63, 3.8) is 0 Å². The Labute approximate surface area is 178 Å². The van der Waals surface area contributed by atoms with Crippen molar-refractivity contribution >= 4 is 21.6 Å². The lowest BCUT2D eigenvalue weighted by molar-refractivity contribution is -0.122. The van der Waals surface area contributed by atoms with E-state index in [1.165, 1.54) is 25.1 Å². The van der Waals surface area contributed by atoms with E-state index in [2.05, 4.69) is 15.5 Å². The summed E-state index contributed by atoms with van der Waals surface area (Å²) in [7, 11) is -2.40. The number of aromatic nitrogens is 2. The van der Waals surface area contributed by atoms with Crippen molar-refractivity contribution in [2.75, 3.05) is 17.7 Å². The van der Waals surface area contributed by atoms with Gasteiger partial charge in [0.1, 0.15) is 17.6 Å². The first kappa shape index (κ1) is 22.2. The lowest BCUT2D eigenvalue weighted by Gasteiger charge is -2.28. The summed E-state index contributed by atoms with van der Waals surface area (Å²) < 4.78 is 49.7. The van der Waals surface area contributed by atoms with E-state index in [4.69, 9.17) is 9.26 Å². The highest BCUT2D eigenvalue weighted by Gasteiger charge is 2.31. The van der Waals surface area contributed by atoms with Crippen LogP contribution in [0.25, 0.3) is 11.4 Å². The van der Waals surface area contributed by atoms with Gasteiger partial charge < -0.3 is 14.6 Å². The molecule has 0 aliphatic carbocycles. The second-order valence-corrected chi connectivity index (χ2v) is 8.51. The number of hydrogen-bond donors (Lipinski definition) is 1. The molecule has 0 spiro atoms. The van der Waals surface area contributed by atoms with Gasteiger partial charge in [0, 0.05) is 5.56 Å². The van der Waals surface area contributed by atoms with Gasteiger partial charge in [0.25, 0.3) is 0 Å². The van der Waals surface area contributed by atoms with Crippen LogP contribution in [0.3, 0.4) is 0 Å². The van der Waals surface area contributed by atoms with Crippen LogP contribution in [-0.4, -0.2) is 43.9 Å². The predicted octanol–water partition coefficient (Wildman–Crippen LogP) is 2.36. The lowest BCUT2D eigenvalue weighted by Crippen LogP contribution is -2.48. The van der Waals surface area contributed by atoms with Crippen LogP contribution >= 0.6 is 0 Å². The van der Waals surface area contributed by atoms with Gasteiger partial charge in [-0.3, -0.25) is 9.10 Å². The SMILES string of the molecule is COc1cccc(-c2noc(CNC(=O)[C@@H](C)N(c3ccccc3F)S(C)(=O)=O)n2)c1. The Balaban J connectivity index is 1.72. The first-order chi connectivity index (χ1) is 14.7. The highest BCUT2D eigenvalue weighted by molar-refractivity contribution is 7.92. The number of hydrogen-bond acceptors (Lipinski definition) is 7. The minimum absolute atomic E-state index is 0.121. The summed E-state index contributed by atoms with van der Waals surface area (Å²) in [4.78, 5) is 16.8. The number of carbonyl (C=O) groups excluding carboxylic acids is 1. The van der Waals surface area contributed by atoms with Crippen molar-refractivity contribution in [2.24, 2.45) is 0 Å². The molecule has 0 bridgehead atoms. The lowest BCUT2D eigenvalue weighted by atomic mass is 10.2. The number of halogens is 1. The van der Waals surface area contributed by atoms with Crippen LogP contribution in [0, 0.1) is 5.82 Å². The van der Waals surface area contributed by atoms with Crippen LogP contribution < -0.4 is 14.4 Å². The number of sulfonamides is 1. The van der Waals surface area contributed by atoms with Crippen LogP contribution in [0.1, 0.15) is 12.8 Å². The van der Waals surface area contributed by atoms with Crippen molar-refractivity contribution in [3.05, 3.63) is 60.2 Å². The topological polar surface area (TPSA) is 115 Å².